The molecule has 1 fully saturated rings. The fraction of sp³-hybridized carbons (Fsp3) is 0.364. The first-order valence-electron chi connectivity index (χ1n) is 10.1. The fourth-order valence-electron chi connectivity index (χ4n) is 3.90. The number of hydrogen-bond acceptors (Lipinski definition) is 9. The normalized spacial score (nSPS) is 18.8. The number of aromatic nitrogens is 4. The lowest BCUT2D eigenvalue weighted by Gasteiger charge is -2.34. The van der Waals surface area contributed by atoms with E-state index in [-0.39, 0.29) is 6.10 Å². The highest BCUT2D eigenvalue weighted by molar-refractivity contribution is 5.64. The Morgan fingerprint density at radius 2 is 2.23 bits per heavy atom. The third-order valence-corrected chi connectivity index (χ3v) is 5.38. The molecule has 1 aromatic carbocycles. The van der Waals surface area contributed by atoms with Gasteiger partial charge in [-0.15, -0.1) is 0 Å². The van der Waals surface area contributed by atoms with Gasteiger partial charge in [0.2, 0.25) is 11.7 Å². The summed E-state index contributed by atoms with van der Waals surface area (Å²) >= 11 is 0. The van der Waals surface area contributed by atoms with E-state index in [1.54, 1.807) is 20.2 Å². The van der Waals surface area contributed by atoms with Crippen LogP contribution >= 0.6 is 0 Å². The van der Waals surface area contributed by atoms with Gasteiger partial charge in [0, 0.05) is 38.3 Å². The molecule has 0 saturated carbocycles. The van der Waals surface area contributed by atoms with Gasteiger partial charge >= 0.3 is 0 Å². The number of morpholine rings is 1. The van der Waals surface area contributed by atoms with Gasteiger partial charge in [0.25, 0.3) is 0 Å². The number of nitrogens with zero attached hydrogens (tertiary/aromatic N) is 5. The molecule has 0 unspecified atom stereocenters. The Labute approximate surface area is 179 Å². The van der Waals surface area contributed by atoms with Crippen molar-refractivity contribution in [2.75, 3.05) is 40.0 Å². The lowest BCUT2D eigenvalue weighted by molar-refractivity contribution is -0.0292. The van der Waals surface area contributed by atoms with E-state index in [1.807, 2.05) is 18.2 Å². The zero-order chi connectivity index (χ0) is 21.2. The number of aryl methyl sites for hydroxylation is 1. The van der Waals surface area contributed by atoms with Crippen LogP contribution in [0.4, 0.5) is 0 Å². The summed E-state index contributed by atoms with van der Waals surface area (Å²) in [5, 5.41) is 4.02. The molecule has 1 atom stereocenters. The predicted octanol–water partition coefficient (Wildman–Crippen LogP) is 2.69. The molecule has 31 heavy (non-hydrogen) atoms. The SMILES string of the molecule is COc1ccc2c(c1)C=C(CN1CCO[C@H](c3ncncc3-c3noc(C)n3)C1)CO2. The Morgan fingerprint density at radius 3 is 3.06 bits per heavy atom. The summed E-state index contributed by atoms with van der Waals surface area (Å²) in [6.07, 6.45) is 5.21. The molecule has 0 N–H and O–H groups in total. The molecule has 9 nitrogen and oxygen atoms in total. The van der Waals surface area contributed by atoms with Crippen molar-refractivity contribution in [3.8, 4) is 22.9 Å². The largest absolute Gasteiger partial charge is 0.497 e. The molecule has 0 aliphatic carbocycles. The molecular weight excluding hydrogens is 398 g/mol. The Balaban J connectivity index is 1.33. The maximum atomic E-state index is 6.05. The number of hydrogen-bond donors (Lipinski definition) is 0. The van der Waals surface area contributed by atoms with Crippen molar-refractivity contribution in [2.45, 2.75) is 13.0 Å². The van der Waals surface area contributed by atoms with Crippen molar-refractivity contribution in [1.29, 1.82) is 0 Å². The molecule has 0 spiro atoms. The van der Waals surface area contributed by atoms with Gasteiger partial charge in [-0.2, -0.15) is 4.98 Å². The summed E-state index contributed by atoms with van der Waals surface area (Å²) in [5.41, 5.74) is 3.74. The third kappa shape index (κ3) is 4.14. The first-order chi connectivity index (χ1) is 15.2. The highest BCUT2D eigenvalue weighted by Crippen LogP contribution is 2.32. The summed E-state index contributed by atoms with van der Waals surface area (Å²) in [6, 6.07) is 5.86. The molecule has 2 aliphatic heterocycles. The zero-order valence-electron chi connectivity index (χ0n) is 17.4. The molecule has 0 amide bonds. The number of methoxy groups -OCH3 is 1. The van der Waals surface area contributed by atoms with Crippen molar-refractivity contribution >= 4 is 6.08 Å². The summed E-state index contributed by atoms with van der Waals surface area (Å²) in [6.45, 7) is 5.26. The molecule has 9 heteroatoms. The van der Waals surface area contributed by atoms with Gasteiger partial charge in [0.1, 0.15) is 30.5 Å². The lowest BCUT2D eigenvalue weighted by atomic mass is 10.1. The van der Waals surface area contributed by atoms with Gasteiger partial charge in [0.15, 0.2) is 0 Å². The molecule has 0 radical (unpaired) electrons. The predicted molar refractivity (Wildman–Crippen MR) is 112 cm³/mol. The Bertz CT molecular complexity index is 1110. The van der Waals surface area contributed by atoms with Crippen LogP contribution in [-0.2, 0) is 4.74 Å². The number of benzene rings is 1. The summed E-state index contributed by atoms with van der Waals surface area (Å²) in [7, 11) is 1.67. The van der Waals surface area contributed by atoms with Crippen LogP contribution in [0.25, 0.3) is 17.5 Å². The van der Waals surface area contributed by atoms with Gasteiger partial charge < -0.3 is 18.7 Å². The van der Waals surface area contributed by atoms with Gasteiger partial charge in [-0.05, 0) is 29.8 Å². The van der Waals surface area contributed by atoms with Crippen LogP contribution in [-0.4, -0.2) is 65.0 Å². The maximum absolute atomic E-state index is 6.05. The number of ether oxygens (including phenoxy) is 3. The average Bonchev–Trinajstić information content (AvgIpc) is 3.25. The second-order valence-corrected chi connectivity index (χ2v) is 7.55. The minimum Gasteiger partial charge on any atom is -0.497 e. The second kappa shape index (κ2) is 8.44. The Morgan fingerprint density at radius 1 is 1.29 bits per heavy atom. The molecule has 4 heterocycles. The highest BCUT2D eigenvalue weighted by atomic mass is 16.5. The van der Waals surface area contributed by atoms with Crippen molar-refractivity contribution in [3.63, 3.8) is 0 Å². The smallest absolute Gasteiger partial charge is 0.223 e. The van der Waals surface area contributed by atoms with Crippen LogP contribution in [0.3, 0.4) is 0 Å². The summed E-state index contributed by atoms with van der Waals surface area (Å²) < 4.78 is 22.5. The second-order valence-electron chi connectivity index (χ2n) is 7.55. The van der Waals surface area contributed by atoms with E-state index in [0.717, 1.165) is 41.4 Å². The Hall–Kier alpha value is -3.30. The van der Waals surface area contributed by atoms with Crippen molar-refractivity contribution in [2.24, 2.45) is 0 Å². The van der Waals surface area contributed by atoms with E-state index < -0.39 is 0 Å². The molecule has 2 aliphatic rings. The average molecular weight is 421 g/mol. The van der Waals surface area contributed by atoms with Gasteiger partial charge in [-0.1, -0.05) is 5.16 Å². The summed E-state index contributed by atoms with van der Waals surface area (Å²) in [5.74, 6) is 2.67. The molecule has 160 valence electrons. The number of rotatable bonds is 5. The van der Waals surface area contributed by atoms with Crippen molar-refractivity contribution in [3.05, 3.63) is 53.4 Å². The lowest BCUT2D eigenvalue weighted by Crippen LogP contribution is -2.40. The molecule has 1 saturated heterocycles. The first-order valence-corrected chi connectivity index (χ1v) is 10.1. The first kappa shape index (κ1) is 19.7. The molecular formula is C22H23N5O4. The van der Waals surface area contributed by atoms with Gasteiger partial charge in [0.05, 0.1) is 25.0 Å². The van der Waals surface area contributed by atoms with E-state index in [2.05, 4.69) is 31.1 Å². The monoisotopic (exact) mass is 421 g/mol. The van der Waals surface area contributed by atoms with Crippen LogP contribution < -0.4 is 9.47 Å². The fourth-order valence-corrected chi connectivity index (χ4v) is 3.90. The maximum Gasteiger partial charge on any atom is 0.223 e. The molecule has 3 aromatic rings. The van der Waals surface area contributed by atoms with Crippen LogP contribution in [0, 0.1) is 6.92 Å². The minimum atomic E-state index is -0.206. The summed E-state index contributed by atoms with van der Waals surface area (Å²) in [4.78, 5) is 15.3. The van der Waals surface area contributed by atoms with Crippen LogP contribution in [0.15, 0.2) is 40.8 Å². The van der Waals surface area contributed by atoms with E-state index >= 15 is 0 Å². The molecule has 0 bridgehead atoms. The van der Waals surface area contributed by atoms with E-state index in [4.69, 9.17) is 18.7 Å². The van der Waals surface area contributed by atoms with Gasteiger partial charge in [-0.3, -0.25) is 4.90 Å². The zero-order valence-corrected chi connectivity index (χ0v) is 17.4. The third-order valence-electron chi connectivity index (χ3n) is 5.38. The standard InChI is InChI=1S/C22H23N5O4/c1-14-25-22(26-31-14)18-9-23-13-24-21(18)20-11-27(5-6-29-20)10-15-7-16-8-17(28-2)3-4-19(16)30-12-15/h3-4,7-9,13,20H,5-6,10-12H2,1-2H3/t20-/m0/s1. The van der Waals surface area contributed by atoms with Crippen LogP contribution in [0.1, 0.15) is 23.3 Å². The molecule has 5 rings (SSSR count). The van der Waals surface area contributed by atoms with E-state index in [0.29, 0.717) is 31.5 Å². The van der Waals surface area contributed by atoms with Gasteiger partial charge in [-0.25, -0.2) is 9.97 Å². The molecule has 2 aromatic heterocycles. The quantitative estimate of drug-likeness (QED) is 0.616. The van der Waals surface area contributed by atoms with Crippen molar-refractivity contribution < 1.29 is 18.7 Å². The van der Waals surface area contributed by atoms with Crippen LogP contribution in [0.5, 0.6) is 11.5 Å². The highest BCUT2D eigenvalue weighted by Gasteiger charge is 2.28. The van der Waals surface area contributed by atoms with Crippen molar-refractivity contribution in [1.82, 2.24) is 25.0 Å². The number of fused-ring (bicyclic) bond motifs is 1. The van der Waals surface area contributed by atoms with E-state index in [1.165, 1.54) is 11.9 Å². The van der Waals surface area contributed by atoms with E-state index in [9.17, 15) is 0 Å². The topological polar surface area (TPSA) is 95.6 Å². The minimum absolute atomic E-state index is 0.206. The van der Waals surface area contributed by atoms with Crippen LogP contribution in [0.2, 0.25) is 0 Å². The Kier molecular flexibility index (Phi) is 5.35.